The van der Waals surface area contributed by atoms with Crippen molar-refractivity contribution in [1.29, 1.82) is 0 Å². The van der Waals surface area contributed by atoms with Gasteiger partial charge in [-0.3, -0.25) is 0 Å². The lowest BCUT2D eigenvalue weighted by Gasteiger charge is -2.27. The summed E-state index contributed by atoms with van der Waals surface area (Å²) < 4.78 is 6.31. The molecule has 2 aliphatic rings. The fraction of sp³-hybridized carbons (Fsp3) is 0.474. The van der Waals surface area contributed by atoms with Crippen LogP contribution in [0, 0.1) is 0 Å². The van der Waals surface area contributed by atoms with Crippen LogP contribution < -0.4 is 0 Å². The summed E-state index contributed by atoms with van der Waals surface area (Å²) in [6.45, 7) is 0. The van der Waals surface area contributed by atoms with Crippen molar-refractivity contribution in [3.8, 4) is 0 Å². The lowest BCUT2D eigenvalue weighted by atomic mass is 9.95. The molecule has 0 aromatic heterocycles. The molecule has 0 saturated heterocycles. The quantitative estimate of drug-likeness (QED) is 0.704. The summed E-state index contributed by atoms with van der Waals surface area (Å²) in [5, 5.41) is 0. The minimum atomic E-state index is 0.451. The van der Waals surface area contributed by atoms with Gasteiger partial charge in [0.25, 0.3) is 0 Å². The van der Waals surface area contributed by atoms with E-state index in [1.165, 1.54) is 49.7 Å². The second-order valence-corrected chi connectivity index (χ2v) is 5.92. The van der Waals surface area contributed by atoms with Gasteiger partial charge in [0.15, 0.2) is 0 Å². The van der Waals surface area contributed by atoms with E-state index in [0.717, 1.165) is 18.6 Å². The molecule has 0 aliphatic heterocycles. The summed E-state index contributed by atoms with van der Waals surface area (Å²) in [5.41, 5.74) is 2.66. The minimum absolute atomic E-state index is 0.451. The van der Waals surface area contributed by atoms with Gasteiger partial charge in [-0.2, -0.15) is 0 Å². The van der Waals surface area contributed by atoms with Gasteiger partial charge in [0.05, 0.1) is 6.10 Å². The zero-order valence-corrected chi connectivity index (χ0v) is 12.2. The molecule has 0 radical (unpaired) electrons. The Labute approximate surface area is 122 Å². The van der Waals surface area contributed by atoms with E-state index < -0.39 is 0 Å². The molecule has 0 atom stereocenters. The maximum Gasteiger partial charge on any atom is 0.118 e. The Morgan fingerprint density at radius 3 is 2.55 bits per heavy atom. The van der Waals surface area contributed by atoms with Crippen LogP contribution in [0.15, 0.2) is 47.7 Å². The lowest BCUT2D eigenvalue weighted by molar-refractivity contribution is 0.0850. The number of allylic oxidation sites excluding steroid dienone is 2. The average molecular weight is 268 g/mol. The molecule has 106 valence electrons. The minimum Gasteiger partial charge on any atom is -0.490 e. The van der Waals surface area contributed by atoms with Crippen LogP contribution >= 0.6 is 0 Å². The monoisotopic (exact) mass is 268 g/mol. The van der Waals surface area contributed by atoms with Crippen molar-refractivity contribution in [2.45, 2.75) is 57.5 Å². The van der Waals surface area contributed by atoms with Crippen LogP contribution in [0.5, 0.6) is 0 Å². The largest absolute Gasteiger partial charge is 0.490 e. The van der Waals surface area contributed by atoms with E-state index in [2.05, 4.69) is 42.5 Å². The topological polar surface area (TPSA) is 9.23 Å². The summed E-state index contributed by atoms with van der Waals surface area (Å²) in [6.07, 6.45) is 15.1. The van der Waals surface area contributed by atoms with Gasteiger partial charge in [0, 0.05) is 0 Å². The highest BCUT2D eigenvalue weighted by atomic mass is 16.5. The van der Waals surface area contributed by atoms with Crippen LogP contribution in [-0.2, 0) is 4.74 Å². The number of rotatable bonds is 3. The molecule has 0 bridgehead atoms. The molecule has 0 heterocycles. The Bertz CT molecular complexity index is 478. The van der Waals surface area contributed by atoms with Gasteiger partial charge in [0.2, 0.25) is 0 Å². The predicted molar refractivity (Wildman–Crippen MR) is 84.3 cm³/mol. The Morgan fingerprint density at radius 1 is 0.950 bits per heavy atom. The zero-order valence-electron chi connectivity index (χ0n) is 12.2. The van der Waals surface area contributed by atoms with Crippen LogP contribution in [-0.4, -0.2) is 6.10 Å². The second-order valence-electron chi connectivity index (χ2n) is 5.92. The highest BCUT2D eigenvalue weighted by molar-refractivity contribution is 5.57. The third kappa shape index (κ3) is 3.53. The van der Waals surface area contributed by atoms with Crippen molar-refractivity contribution < 1.29 is 4.74 Å². The molecular formula is C19H24O. The Kier molecular flexibility index (Phi) is 4.57. The molecule has 1 nitrogen and oxygen atoms in total. The predicted octanol–water partition coefficient (Wildman–Crippen LogP) is 5.49. The molecule has 1 aromatic rings. The molecule has 0 spiro atoms. The van der Waals surface area contributed by atoms with E-state index in [1.54, 1.807) is 0 Å². The average Bonchev–Trinajstić information content (AvgIpc) is 2.51. The summed E-state index contributed by atoms with van der Waals surface area (Å²) in [7, 11) is 0. The summed E-state index contributed by atoms with van der Waals surface area (Å²) >= 11 is 0. The first-order chi connectivity index (χ1) is 9.92. The highest BCUT2D eigenvalue weighted by Gasteiger charge is 2.19. The molecule has 1 aromatic carbocycles. The first-order valence-electron chi connectivity index (χ1n) is 8.04. The van der Waals surface area contributed by atoms with Gasteiger partial charge in [-0.25, -0.2) is 0 Å². The van der Waals surface area contributed by atoms with Gasteiger partial charge in [-0.05, 0) is 68.2 Å². The van der Waals surface area contributed by atoms with Gasteiger partial charge in [-0.15, -0.1) is 0 Å². The van der Waals surface area contributed by atoms with E-state index in [-0.39, 0.29) is 0 Å². The summed E-state index contributed by atoms with van der Waals surface area (Å²) in [5.74, 6) is 1.16. The smallest absolute Gasteiger partial charge is 0.118 e. The van der Waals surface area contributed by atoms with Gasteiger partial charge >= 0.3 is 0 Å². The molecule has 1 fully saturated rings. The van der Waals surface area contributed by atoms with Crippen LogP contribution in [0.3, 0.4) is 0 Å². The molecular weight excluding hydrogens is 244 g/mol. The highest BCUT2D eigenvalue weighted by Crippen LogP contribution is 2.31. The molecule has 1 saturated carbocycles. The van der Waals surface area contributed by atoms with Crippen molar-refractivity contribution in [3.63, 3.8) is 0 Å². The fourth-order valence-electron chi connectivity index (χ4n) is 3.16. The van der Waals surface area contributed by atoms with Crippen molar-refractivity contribution in [1.82, 2.24) is 0 Å². The Balaban J connectivity index is 1.73. The van der Waals surface area contributed by atoms with Crippen LogP contribution in [0.1, 0.15) is 56.9 Å². The second kappa shape index (κ2) is 6.78. The van der Waals surface area contributed by atoms with Crippen LogP contribution in [0.2, 0.25) is 0 Å². The van der Waals surface area contributed by atoms with Gasteiger partial charge in [0.1, 0.15) is 5.76 Å². The lowest BCUT2D eigenvalue weighted by Crippen LogP contribution is -2.17. The van der Waals surface area contributed by atoms with E-state index in [1.807, 2.05) is 0 Å². The first-order valence-corrected chi connectivity index (χ1v) is 8.04. The summed E-state index contributed by atoms with van der Waals surface area (Å²) in [4.78, 5) is 0. The molecule has 3 rings (SSSR count). The molecule has 0 unspecified atom stereocenters. The van der Waals surface area contributed by atoms with Crippen molar-refractivity contribution in [2.75, 3.05) is 0 Å². The summed E-state index contributed by atoms with van der Waals surface area (Å²) in [6, 6.07) is 10.6. The molecule has 0 amide bonds. The van der Waals surface area contributed by atoms with Crippen molar-refractivity contribution in [2.24, 2.45) is 0 Å². The third-order valence-electron chi connectivity index (χ3n) is 4.28. The van der Waals surface area contributed by atoms with E-state index >= 15 is 0 Å². The number of benzene rings is 1. The van der Waals surface area contributed by atoms with E-state index in [0.29, 0.717) is 6.10 Å². The zero-order chi connectivity index (χ0) is 13.6. The molecule has 0 N–H and O–H groups in total. The van der Waals surface area contributed by atoms with Crippen molar-refractivity contribution >= 4 is 6.08 Å². The van der Waals surface area contributed by atoms with Crippen molar-refractivity contribution in [3.05, 3.63) is 53.3 Å². The maximum atomic E-state index is 6.31. The van der Waals surface area contributed by atoms with E-state index in [4.69, 9.17) is 4.74 Å². The standard InChI is InChI=1S/C19H24O/c1-3-9-16(10-4-1)15-17-11-7-8-14-19(17)20-18-12-5-2-6-13-18/h1,3-4,9-10,14-15,18H,2,5-8,11-13H2/b17-15-. The normalized spacial score (nSPS) is 22.6. The fourth-order valence-corrected chi connectivity index (χ4v) is 3.16. The van der Waals surface area contributed by atoms with Gasteiger partial charge < -0.3 is 4.74 Å². The van der Waals surface area contributed by atoms with Crippen LogP contribution in [0.4, 0.5) is 0 Å². The number of ether oxygens (including phenoxy) is 1. The maximum absolute atomic E-state index is 6.31. The Hall–Kier alpha value is -1.50. The molecule has 20 heavy (non-hydrogen) atoms. The number of hydrogen-bond donors (Lipinski definition) is 0. The third-order valence-corrected chi connectivity index (χ3v) is 4.28. The number of hydrogen-bond acceptors (Lipinski definition) is 1. The SMILES string of the molecule is C1=C(OC2CCCCC2)/C(=C\c2ccccc2)CCC1. The Morgan fingerprint density at radius 2 is 1.75 bits per heavy atom. The van der Waals surface area contributed by atoms with Crippen LogP contribution in [0.25, 0.3) is 6.08 Å². The molecule has 2 aliphatic carbocycles. The van der Waals surface area contributed by atoms with E-state index in [9.17, 15) is 0 Å². The first kappa shape index (κ1) is 13.5. The molecule has 1 heteroatoms. The van der Waals surface area contributed by atoms with Gasteiger partial charge in [-0.1, -0.05) is 36.8 Å².